The molecule has 158 valence electrons. The molecule has 1 aromatic carbocycles. The van der Waals surface area contributed by atoms with Crippen molar-refractivity contribution in [2.75, 3.05) is 33.3 Å². The first-order valence-corrected chi connectivity index (χ1v) is 10.4. The number of likely N-dealkylation sites (tertiary alicyclic amines) is 1. The number of furan rings is 1. The van der Waals surface area contributed by atoms with Gasteiger partial charge >= 0.3 is 0 Å². The largest absolute Gasteiger partial charge is 0.504 e. The quantitative estimate of drug-likeness (QED) is 0.466. The summed E-state index contributed by atoms with van der Waals surface area (Å²) < 4.78 is 10.8. The van der Waals surface area contributed by atoms with Crippen molar-refractivity contribution in [1.29, 1.82) is 0 Å². The average molecular weight is 401 g/mol. The minimum Gasteiger partial charge on any atom is -0.504 e. The second kappa shape index (κ2) is 10.8. The SMILES string of the molecule is CCNC(=NCc1ccc(OC)c(O)c1)NCC(c1ccco1)N1CCCCC1. The van der Waals surface area contributed by atoms with Gasteiger partial charge in [-0.3, -0.25) is 4.90 Å². The Morgan fingerprint density at radius 2 is 2.07 bits per heavy atom. The van der Waals surface area contributed by atoms with Crippen molar-refractivity contribution in [2.24, 2.45) is 4.99 Å². The molecule has 0 radical (unpaired) electrons. The molecule has 1 fully saturated rings. The molecule has 0 bridgehead atoms. The lowest BCUT2D eigenvalue weighted by molar-refractivity contribution is 0.146. The van der Waals surface area contributed by atoms with Gasteiger partial charge in [-0.1, -0.05) is 12.5 Å². The molecule has 0 aliphatic carbocycles. The molecule has 1 saturated heterocycles. The summed E-state index contributed by atoms with van der Waals surface area (Å²) in [7, 11) is 1.54. The van der Waals surface area contributed by atoms with E-state index < -0.39 is 0 Å². The molecule has 1 unspecified atom stereocenters. The highest BCUT2D eigenvalue weighted by Crippen LogP contribution is 2.27. The number of nitrogens with zero attached hydrogens (tertiary/aromatic N) is 2. The summed E-state index contributed by atoms with van der Waals surface area (Å²) in [6.07, 6.45) is 5.49. The van der Waals surface area contributed by atoms with E-state index in [1.54, 1.807) is 18.4 Å². The number of methoxy groups -OCH3 is 1. The Bertz CT molecular complexity index is 770. The monoisotopic (exact) mass is 400 g/mol. The maximum absolute atomic E-state index is 9.97. The minimum absolute atomic E-state index is 0.126. The number of hydrogen-bond acceptors (Lipinski definition) is 5. The summed E-state index contributed by atoms with van der Waals surface area (Å²) in [6.45, 7) is 6.17. The Balaban J connectivity index is 1.66. The van der Waals surface area contributed by atoms with E-state index in [-0.39, 0.29) is 11.8 Å². The van der Waals surface area contributed by atoms with Crippen molar-refractivity contribution < 1.29 is 14.3 Å². The second-order valence-corrected chi connectivity index (χ2v) is 7.21. The number of benzene rings is 1. The van der Waals surface area contributed by atoms with Crippen LogP contribution in [-0.4, -0.2) is 49.3 Å². The number of ether oxygens (including phenoxy) is 1. The van der Waals surface area contributed by atoms with E-state index >= 15 is 0 Å². The topological polar surface area (TPSA) is 82.3 Å². The van der Waals surface area contributed by atoms with Gasteiger partial charge in [0, 0.05) is 13.1 Å². The van der Waals surface area contributed by atoms with Crippen LogP contribution in [0.1, 0.15) is 43.6 Å². The molecule has 2 aromatic rings. The molecule has 1 aliphatic heterocycles. The highest BCUT2D eigenvalue weighted by atomic mass is 16.5. The third-order valence-electron chi connectivity index (χ3n) is 5.17. The molecule has 1 aliphatic rings. The molecule has 0 spiro atoms. The van der Waals surface area contributed by atoms with Crippen molar-refractivity contribution in [3.8, 4) is 11.5 Å². The molecule has 0 amide bonds. The van der Waals surface area contributed by atoms with Crippen LogP contribution in [-0.2, 0) is 6.54 Å². The van der Waals surface area contributed by atoms with Crippen molar-refractivity contribution in [3.05, 3.63) is 47.9 Å². The van der Waals surface area contributed by atoms with Crippen LogP contribution >= 0.6 is 0 Å². The fraction of sp³-hybridized carbons (Fsp3) is 0.500. The lowest BCUT2D eigenvalue weighted by atomic mass is 10.1. The number of nitrogens with one attached hydrogen (secondary N) is 2. The molecule has 7 heteroatoms. The Hall–Kier alpha value is -2.67. The molecule has 3 N–H and O–H groups in total. The van der Waals surface area contributed by atoms with Crippen LogP contribution in [0, 0.1) is 0 Å². The van der Waals surface area contributed by atoms with Gasteiger partial charge in [0.05, 0.1) is 26.0 Å². The van der Waals surface area contributed by atoms with E-state index in [2.05, 4.69) is 20.5 Å². The van der Waals surface area contributed by atoms with Crippen LogP contribution in [0.2, 0.25) is 0 Å². The minimum atomic E-state index is 0.126. The number of aromatic hydroxyl groups is 1. The van der Waals surface area contributed by atoms with E-state index in [4.69, 9.17) is 9.15 Å². The standard InChI is InChI=1S/C22H32N4O3/c1-3-23-22(24-15-17-9-10-21(28-2)19(27)14-17)25-16-18(20-8-7-13-29-20)26-11-5-4-6-12-26/h7-10,13-14,18,27H,3-6,11-12,15-16H2,1-2H3,(H2,23,24,25). The van der Waals surface area contributed by atoms with Gasteiger partial charge in [-0.15, -0.1) is 0 Å². The van der Waals surface area contributed by atoms with Gasteiger partial charge in [-0.05, 0) is 62.7 Å². The number of guanidine groups is 1. The van der Waals surface area contributed by atoms with E-state index in [1.165, 1.54) is 26.4 Å². The molecule has 3 rings (SSSR count). The summed E-state index contributed by atoms with van der Waals surface area (Å²) in [5, 5.41) is 16.7. The van der Waals surface area contributed by atoms with E-state index in [1.807, 2.05) is 25.1 Å². The average Bonchev–Trinajstić information content (AvgIpc) is 3.27. The number of aliphatic imine (C=N–C) groups is 1. The molecule has 1 atom stereocenters. The van der Waals surface area contributed by atoms with Gasteiger partial charge in [-0.2, -0.15) is 0 Å². The first-order valence-electron chi connectivity index (χ1n) is 10.4. The summed E-state index contributed by atoms with van der Waals surface area (Å²) in [5.74, 6) is 2.32. The number of hydrogen-bond donors (Lipinski definition) is 3. The Morgan fingerprint density at radius 1 is 1.24 bits per heavy atom. The third-order valence-corrected chi connectivity index (χ3v) is 5.17. The molecule has 29 heavy (non-hydrogen) atoms. The Labute approximate surface area is 172 Å². The smallest absolute Gasteiger partial charge is 0.191 e. The highest BCUT2D eigenvalue weighted by Gasteiger charge is 2.24. The summed E-state index contributed by atoms with van der Waals surface area (Å²) in [6, 6.07) is 9.52. The molecule has 7 nitrogen and oxygen atoms in total. The zero-order chi connectivity index (χ0) is 20.5. The first-order chi connectivity index (χ1) is 14.2. The molecule has 2 heterocycles. The lowest BCUT2D eigenvalue weighted by Gasteiger charge is -2.33. The fourth-order valence-electron chi connectivity index (χ4n) is 3.66. The molecular formula is C22H32N4O3. The van der Waals surface area contributed by atoms with Crippen LogP contribution in [0.4, 0.5) is 0 Å². The van der Waals surface area contributed by atoms with Crippen molar-refractivity contribution >= 4 is 5.96 Å². The summed E-state index contributed by atoms with van der Waals surface area (Å²) in [4.78, 5) is 7.16. The number of piperidine rings is 1. The number of phenolic OH excluding ortho intramolecular Hbond substituents is 1. The van der Waals surface area contributed by atoms with Crippen LogP contribution < -0.4 is 15.4 Å². The zero-order valence-electron chi connectivity index (χ0n) is 17.4. The lowest BCUT2D eigenvalue weighted by Crippen LogP contribution is -2.44. The van der Waals surface area contributed by atoms with Crippen LogP contribution in [0.5, 0.6) is 11.5 Å². The van der Waals surface area contributed by atoms with Crippen LogP contribution in [0.15, 0.2) is 46.0 Å². The van der Waals surface area contributed by atoms with Crippen LogP contribution in [0.3, 0.4) is 0 Å². The maximum atomic E-state index is 9.97. The van der Waals surface area contributed by atoms with Gasteiger partial charge in [0.25, 0.3) is 0 Å². The summed E-state index contributed by atoms with van der Waals surface area (Å²) in [5.41, 5.74) is 0.916. The zero-order valence-corrected chi connectivity index (χ0v) is 17.4. The van der Waals surface area contributed by atoms with Gasteiger partial charge in [0.2, 0.25) is 0 Å². The van der Waals surface area contributed by atoms with E-state index in [9.17, 15) is 5.11 Å². The maximum Gasteiger partial charge on any atom is 0.191 e. The van der Waals surface area contributed by atoms with Crippen molar-refractivity contribution in [3.63, 3.8) is 0 Å². The van der Waals surface area contributed by atoms with Gasteiger partial charge in [-0.25, -0.2) is 4.99 Å². The summed E-state index contributed by atoms with van der Waals surface area (Å²) >= 11 is 0. The number of rotatable bonds is 8. The second-order valence-electron chi connectivity index (χ2n) is 7.21. The predicted molar refractivity (Wildman–Crippen MR) is 114 cm³/mol. The molecular weight excluding hydrogens is 368 g/mol. The molecule has 0 saturated carbocycles. The third kappa shape index (κ3) is 5.90. The van der Waals surface area contributed by atoms with Gasteiger partial charge in [0.1, 0.15) is 5.76 Å². The number of phenols is 1. The Kier molecular flexibility index (Phi) is 7.81. The fourth-order valence-corrected chi connectivity index (χ4v) is 3.66. The van der Waals surface area contributed by atoms with Gasteiger partial charge < -0.3 is 24.9 Å². The highest BCUT2D eigenvalue weighted by molar-refractivity contribution is 5.79. The van der Waals surface area contributed by atoms with Crippen LogP contribution in [0.25, 0.3) is 0 Å². The van der Waals surface area contributed by atoms with Gasteiger partial charge in [0.15, 0.2) is 17.5 Å². The van der Waals surface area contributed by atoms with E-state index in [0.29, 0.717) is 18.8 Å². The van der Waals surface area contributed by atoms with Crippen molar-refractivity contribution in [2.45, 2.75) is 38.8 Å². The predicted octanol–water partition coefficient (Wildman–Crippen LogP) is 3.28. The first kappa shape index (κ1) is 21.0. The Morgan fingerprint density at radius 3 is 2.72 bits per heavy atom. The van der Waals surface area contributed by atoms with Crippen molar-refractivity contribution in [1.82, 2.24) is 15.5 Å². The molecule has 1 aromatic heterocycles. The normalized spacial score (nSPS) is 16.4. The van der Waals surface area contributed by atoms with E-state index in [0.717, 1.165) is 36.9 Å².